The summed E-state index contributed by atoms with van der Waals surface area (Å²) in [6.07, 6.45) is 1.49. The zero-order valence-electron chi connectivity index (χ0n) is 8.90. The first-order valence-corrected chi connectivity index (χ1v) is 5.31. The van der Waals surface area contributed by atoms with Crippen molar-refractivity contribution >= 4 is 17.4 Å². The Morgan fingerprint density at radius 2 is 2.27 bits per heavy atom. The number of morpholine rings is 1. The van der Waals surface area contributed by atoms with E-state index in [9.17, 15) is 0 Å². The number of hydrogen-bond acceptors (Lipinski definition) is 4. The molecular formula is C10H14ClN3O. The first-order chi connectivity index (χ1) is 7.07. The third-order valence-electron chi connectivity index (χ3n) is 2.37. The average molecular weight is 228 g/mol. The fourth-order valence-electron chi connectivity index (χ4n) is 1.71. The summed E-state index contributed by atoms with van der Waals surface area (Å²) in [6, 6.07) is 1.78. The highest BCUT2D eigenvalue weighted by Gasteiger charge is 2.27. The van der Waals surface area contributed by atoms with Crippen LogP contribution in [0.3, 0.4) is 0 Å². The van der Waals surface area contributed by atoms with Gasteiger partial charge >= 0.3 is 0 Å². The van der Waals surface area contributed by atoms with E-state index in [1.165, 1.54) is 6.33 Å². The van der Waals surface area contributed by atoms with E-state index in [-0.39, 0.29) is 5.60 Å². The van der Waals surface area contributed by atoms with Crippen molar-refractivity contribution in [2.75, 3.05) is 24.6 Å². The Kier molecular flexibility index (Phi) is 2.80. The smallest absolute Gasteiger partial charge is 0.134 e. The molecule has 2 heterocycles. The van der Waals surface area contributed by atoms with Crippen molar-refractivity contribution < 1.29 is 4.74 Å². The molecule has 1 saturated heterocycles. The quantitative estimate of drug-likeness (QED) is 0.686. The average Bonchev–Trinajstić information content (AvgIpc) is 2.16. The van der Waals surface area contributed by atoms with Crippen molar-refractivity contribution in [1.82, 2.24) is 9.97 Å². The van der Waals surface area contributed by atoms with Crippen LogP contribution in [0.15, 0.2) is 12.4 Å². The first-order valence-electron chi connectivity index (χ1n) is 4.93. The molecular weight excluding hydrogens is 214 g/mol. The molecule has 2 rings (SSSR count). The van der Waals surface area contributed by atoms with Gasteiger partial charge in [-0.2, -0.15) is 0 Å². The Labute approximate surface area is 94.2 Å². The summed E-state index contributed by atoms with van der Waals surface area (Å²) in [5.74, 6) is 0.867. The lowest BCUT2D eigenvalue weighted by molar-refractivity contribution is -0.0279. The molecule has 0 aromatic carbocycles. The van der Waals surface area contributed by atoms with Crippen LogP contribution in [0.1, 0.15) is 13.8 Å². The SMILES string of the molecule is CC1(C)CN(c2cc(Cl)ncn2)CCO1. The Balaban J connectivity index is 2.17. The molecule has 1 aromatic rings. The molecule has 0 spiro atoms. The predicted octanol–water partition coefficient (Wildman–Crippen LogP) is 1.75. The predicted molar refractivity (Wildman–Crippen MR) is 59.3 cm³/mol. The van der Waals surface area contributed by atoms with Gasteiger partial charge < -0.3 is 9.64 Å². The van der Waals surface area contributed by atoms with Crippen LogP contribution in [-0.2, 0) is 4.74 Å². The van der Waals surface area contributed by atoms with Gasteiger partial charge in [0.15, 0.2) is 0 Å². The maximum absolute atomic E-state index is 5.83. The fourth-order valence-corrected chi connectivity index (χ4v) is 1.85. The van der Waals surface area contributed by atoms with E-state index in [0.29, 0.717) is 11.8 Å². The minimum Gasteiger partial charge on any atom is -0.372 e. The zero-order valence-corrected chi connectivity index (χ0v) is 9.66. The highest BCUT2D eigenvalue weighted by molar-refractivity contribution is 6.29. The van der Waals surface area contributed by atoms with Gasteiger partial charge in [-0.25, -0.2) is 9.97 Å². The van der Waals surface area contributed by atoms with Crippen LogP contribution < -0.4 is 4.90 Å². The number of hydrogen-bond donors (Lipinski definition) is 0. The third kappa shape index (κ3) is 2.58. The highest BCUT2D eigenvalue weighted by atomic mass is 35.5. The molecule has 15 heavy (non-hydrogen) atoms. The molecule has 82 valence electrons. The van der Waals surface area contributed by atoms with Crippen LogP contribution in [0.5, 0.6) is 0 Å². The van der Waals surface area contributed by atoms with E-state index < -0.39 is 0 Å². The normalized spacial score (nSPS) is 20.3. The summed E-state index contributed by atoms with van der Waals surface area (Å²) in [6.45, 7) is 6.52. The minimum absolute atomic E-state index is 0.129. The summed E-state index contributed by atoms with van der Waals surface area (Å²) in [5, 5.41) is 0.476. The molecule has 5 heteroatoms. The van der Waals surface area contributed by atoms with Gasteiger partial charge in [0.05, 0.1) is 12.2 Å². The second-order valence-corrected chi connectivity index (χ2v) is 4.62. The molecule has 0 radical (unpaired) electrons. The topological polar surface area (TPSA) is 38.2 Å². The zero-order chi connectivity index (χ0) is 10.9. The molecule has 0 N–H and O–H groups in total. The maximum atomic E-state index is 5.83. The van der Waals surface area contributed by atoms with Gasteiger partial charge in [0, 0.05) is 19.2 Å². The van der Waals surface area contributed by atoms with E-state index in [0.717, 1.165) is 18.9 Å². The first kappa shape index (κ1) is 10.6. The van der Waals surface area contributed by atoms with Gasteiger partial charge in [0.1, 0.15) is 17.3 Å². The van der Waals surface area contributed by atoms with Crippen LogP contribution in [0.2, 0.25) is 5.15 Å². The molecule has 0 amide bonds. The van der Waals surface area contributed by atoms with Crippen molar-refractivity contribution in [3.05, 3.63) is 17.5 Å². The van der Waals surface area contributed by atoms with E-state index in [1.54, 1.807) is 6.07 Å². The van der Waals surface area contributed by atoms with Crippen LogP contribution in [0.4, 0.5) is 5.82 Å². The molecule has 0 atom stereocenters. The summed E-state index contributed by atoms with van der Waals surface area (Å²) in [4.78, 5) is 10.2. The van der Waals surface area contributed by atoms with Crippen LogP contribution in [-0.4, -0.2) is 35.3 Å². The molecule has 1 aliphatic rings. The summed E-state index contributed by atoms with van der Waals surface area (Å²) >= 11 is 5.83. The van der Waals surface area contributed by atoms with Crippen molar-refractivity contribution in [1.29, 1.82) is 0 Å². The third-order valence-corrected chi connectivity index (χ3v) is 2.58. The molecule has 4 nitrogen and oxygen atoms in total. The molecule has 0 aliphatic carbocycles. The number of aromatic nitrogens is 2. The van der Waals surface area contributed by atoms with Gasteiger partial charge in [-0.05, 0) is 13.8 Å². The Bertz CT molecular complexity index is 356. The molecule has 0 unspecified atom stereocenters. The fraction of sp³-hybridized carbons (Fsp3) is 0.600. The minimum atomic E-state index is -0.129. The Hall–Kier alpha value is -0.870. The van der Waals surface area contributed by atoms with E-state index in [2.05, 4.69) is 28.7 Å². The molecule has 0 saturated carbocycles. The van der Waals surface area contributed by atoms with Gasteiger partial charge in [-0.15, -0.1) is 0 Å². The van der Waals surface area contributed by atoms with Gasteiger partial charge in [-0.1, -0.05) is 11.6 Å². The van der Waals surface area contributed by atoms with Gasteiger partial charge in [0.2, 0.25) is 0 Å². The summed E-state index contributed by atoms with van der Waals surface area (Å²) < 4.78 is 5.63. The van der Waals surface area contributed by atoms with Gasteiger partial charge in [-0.3, -0.25) is 0 Å². The molecule has 0 bridgehead atoms. The number of ether oxygens (including phenoxy) is 1. The van der Waals surface area contributed by atoms with Crippen LogP contribution >= 0.6 is 11.6 Å². The lowest BCUT2D eigenvalue weighted by Gasteiger charge is -2.38. The van der Waals surface area contributed by atoms with Crippen LogP contribution in [0.25, 0.3) is 0 Å². The van der Waals surface area contributed by atoms with Crippen molar-refractivity contribution in [3.8, 4) is 0 Å². The number of halogens is 1. The molecule has 1 aliphatic heterocycles. The van der Waals surface area contributed by atoms with E-state index in [4.69, 9.17) is 16.3 Å². The second-order valence-electron chi connectivity index (χ2n) is 4.23. The Morgan fingerprint density at radius 3 is 2.93 bits per heavy atom. The lowest BCUT2D eigenvalue weighted by atomic mass is 10.1. The number of nitrogens with zero attached hydrogens (tertiary/aromatic N) is 3. The van der Waals surface area contributed by atoms with Crippen LogP contribution in [0, 0.1) is 0 Å². The van der Waals surface area contributed by atoms with Crippen molar-refractivity contribution in [2.45, 2.75) is 19.4 Å². The van der Waals surface area contributed by atoms with E-state index in [1.807, 2.05) is 0 Å². The monoisotopic (exact) mass is 227 g/mol. The Morgan fingerprint density at radius 1 is 1.47 bits per heavy atom. The van der Waals surface area contributed by atoms with E-state index >= 15 is 0 Å². The number of rotatable bonds is 1. The highest BCUT2D eigenvalue weighted by Crippen LogP contribution is 2.22. The van der Waals surface area contributed by atoms with Crippen molar-refractivity contribution in [2.24, 2.45) is 0 Å². The van der Waals surface area contributed by atoms with Crippen molar-refractivity contribution in [3.63, 3.8) is 0 Å². The summed E-state index contributed by atoms with van der Waals surface area (Å²) in [7, 11) is 0. The number of anilines is 1. The molecule has 1 aromatic heterocycles. The molecule has 1 fully saturated rings. The standard InChI is InChI=1S/C10H14ClN3O/c1-10(2)6-14(3-4-15-10)9-5-8(11)12-7-13-9/h5,7H,3-4,6H2,1-2H3. The lowest BCUT2D eigenvalue weighted by Crippen LogP contribution is -2.48. The maximum Gasteiger partial charge on any atom is 0.134 e. The second kappa shape index (κ2) is 3.94. The summed E-state index contributed by atoms with van der Waals surface area (Å²) in [5.41, 5.74) is -0.129. The van der Waals surface area contributed by atoms with Gasteiger partial charge in [0.25, 0.3) is 0 Å². The largest absolute Gasteiger partial charge is 0.372 e.